The van der Waals surface area contributed by atoms with Gasteiger partial charge in [0.05, 0.1) is 5.41 Å². The summed E-state index contributed by atoms with van der Waals surface area (Å²) in [5.74, 6) is 1.01. The van der Waals surface area contributed by atoms with Gasteiger partial charge in [0.1, 0.15) is 0 Å². The molecule has 3 heteroatoms. The van der Waals surface area contributed by atoms with Crippen LogP contribution in [0.1, 0.15) is 39.5 Å². The van der Waals surface area contributed by atoms with E-state index >= 15 is 0 Å². The van der Waals surface area contributed by atoms with Gasteiger partial charge in [0, 0.05) is 13.1 Å². The Morgan fingerprint density at radius 1 is 1.47 bits per heavy atom. The fourth-order valence-electron chi connectivity index (χ4n) is 2.17. The Balaban J connectivity index is 1.80. The third kappa shape index (κ3) is 2.17. The largest absolute Gasteiger partial charge is 0.355 e. The van der Waals surface area contributed by atoms with Crippen LogP contribution in [0.4, 0.5) is 0 Å². The third-order valence-corrected chi connectivity index (χ3v) is 4.06. The topological polar surface area (TPSA) is 55.1 Å². The van der Waals surface area contributed by atoms with Gasteiger partial charge in [-0.1, -0.05) is 0 Å². The molecular weight excluding hydrogens is 188 g/mol. The second-order valence-corrected chi connectivity index (χ2v) is 5.91. The summed E-state index contributed by atoms with van der Waals surface area (Å²) in [7, 11) is 0. The van der Waals surface area contributed by atoms with Crippen molar-refractivity contribution in [1.29, 1.82) is 0 Å². The van der Waals surface area contributed by atoms with E-state index in [1.54, 1.807) is 0 Å². The zero-order valence-corrected chi connectivity index (χ0v) is 9.81. The summed E-state index contributed by atoms with van der Waals surface area (Å²) < 4.78 is 0. The molecule has 2 saturated carbocycles. The maximum atomic E-state index is 11.8. The maximum Gasteiger partial charge on any atom is 0.226 e. The highest BCUT2D eigenvalue weighted by molar-refractivity contribution is 5.82. The van der Waals surface area contributed by atoms with Crippen molar-refractivity contribution >= 4 is 5.91 Å². The Morgan fingerprint density at radius 3 is 2.47 bits per heavy atom. The normalized spacial score (nSPS) is 23.7. The Bertz CT molecular complexity index is 265. The van der Waals surface area contributed by atoms with Crippen LogP contribution < -0.4 is 11.1 Å². The second kappa shape index (κ2) is 3.48. The van der Waals surface area contributed by atoms with E-state index in [2.05, 4.69) is 5.32 Å². The molecule has 2 fully saturated rings. The molecule has 2 rings (SSSR count). The molecule has 15 heavy (non-hydrogen) atoms. The minimum absolute atomic E-state index is 0.108. The molecule has 1 amide bonds. The summed E-state index contributed by atoms with van der Waals surface area (Å²) in [5.41, 5.74) is 5.64. The van der Waals surface area contributed by atoms with Crippen LogP contribution in [-0.2, 0) is 4.79 Å². The zero-order valence-electron chi connectivity index (χ0n) is 9.81. The van der Waals surface area contributed by atoms with Crippen molar-refractivity contribution in [2.75, 3.05) is 13.1 Å². The summed E-state index contributed by atoms with van der Waals surface area (Å²) >= 11 is 0. The van der Waals surface area contributed by atoms with E-state index in [-0.39, 0.29) is 5.91 Å². The van der Waals surface area contributed by atoms with Crippen LogP contribution in [0.5, 0.6) is 0 Å². The van der Waals surface area contributed by atoms with E-state index in [1.165, 1.54) is 25.7 Å². The molecule has 0 aliphatic heterocycles. The first kappa shape index (κ1) is 10.9. The van der Waals surface area contributed by atoms with Crippen molar-refractivity contribution in [2.45, 2.75) is 39.5 Å². The Kier molecular flexibility index (Phi) is 2.53. The lowest BCUT2D eigenvalue weighted by molar-refractivity contribution is -0.129. The van der Waals surface area contributed by atoms with Crippen molar-refractivity contribution in [2.24, 2.45) is 22.5 Å². The molecule has 3 nitrogen and oxygen atoms in total. The Morgan fingerprint density at radius 2 is 2.07 bits per heavy atom. The van der Waals surface area contributed by atoms with Gasteiger partial charge in [0.25, 0.3) is 0 Å². The first-order valence-corrected chi connectivity index (χ1v) is 5.99. The van der Waals surface area contributed by atoms with Gasteiger partial charge in [-0.2, -0.15) is 0 Å². The summed E-state index contributed by atoms with van der Waals surface area (Å²) in [6.07, 6.45) is 5.36. The van der Waals surface area contributed by atoms with Gasteiger partial charge in [-0.15, -0.1) is 0 Å². The summed E-state index contributed by atoms with van der Waals surface area (Å²) in [6.45, 7) is 5.09. The molecule has 2 aliphatic carbocycles. The SMILES string of the molecule is CC(C)(CN)C(=O)NCC1(C2CC2)CC1. The van der Waals surface area contributed by atoms with Crippen LogP contribution in [-0.4, -0.2) is 19.0 Å². The van der Waals surface area contributed by atoms with E-state index < -0.39 is 5.41 Å². The average Bonchev–Trinajstić information content (AvgIpc) is 3.02. The van der Waals surface area contributed by atoms with Crippen molar-refractivity contribution in [1.82, 2.24) is 5.32 Å². The molecule has 0 atom stereocenters. The van der Waals surface area contributed by atoms with E-state index in [0.29, 0.717) is 12.0 Å². The fraction of sp³-hybridized carbons (Fsp3) is 0.917. The molecule has 0 heterocycles. The number of amides is 1. The molecule has 0 radical (unpaired) electrons. The lowest BCUT2D eigenvalue weighted by Crippen LogP contribution is -2.44. The van der Waals surface area contributed by atoms with E-state index in [0.717, 1.165) is 12.5 Å². The van der Waals surface area contributed by atoms with Gasteiger partial charge in [0.2, 0.25) is 5.91 Å². The monoisotopic (exact) mass is 210 g/mol. The van der Waals surface area contributed by atoms with Crippen molar-refractivity contribution in [3.63, 3.8) is 0 Å². The number of nitrogens with one attached hydrogen (secondary N) is 1. The predicted octanol–water partition coefficient (Wildman–Crippen LogP) is 1.28. The number of hydrogen-bond donors (Lipinski definition) is 2. The quantitative estimate of drug-likeness (QED) is 0.718. The number of nitrogens with two attached hydrogens (primary N) is 1. The maximum absolute atomic E-state index is 11.8. The molecule has 0 aromatic heterocycles. The van der Waals surface area contributed by atoms with Crippen LogP contribution in [0.15, 0.2) is 0 Å². The first-order valence-electron chi connectivity index (χ1n) is 5.99. The Hall–Kier alpha value is -0.570. The minimum atomic E-state index is -0.417. The average molecular weight is 210 g/mol. The number of rotatable bonds is 5. The molecule has 0 saturated heterocycles. The number of carbonyl (C=O) groups is 1. The van der Waals surface area contributed by atoms with Crippen molar-refractivity contribution < 1.29 is 4.79 Å². The minimum Gasteiger partial charge on any atom is -0.355 e. The standard InChI is InChI=1S/C12H22N2O/c1-11(2,7-13)10(15)14-8-12(5-6-12)9-3-4-9/h9H,3-8,13H2,1-2H3,(H,14,15). The number of hydrogen-bond acceptors (Lipinski definition) is 2. The highest BCUT2D eigenvalue weighted by atomic mass is 16.2. The lowest BCUT2D eigenvalue weighted by atomic mass is 9.92. The van der Waals surface area contributed by atoms with E-state index in [4.69, 9.17) is 5.73 Å². The fourth-order valence-corrected chi connectivity index (χ4v) is 2.17. The van der Waals surface area contributed by atoms with Crippen LogP contribution in [0.3, 0.4) is 0 Å². The second-order valence-electron chi connectivity index (χ2n) is 5.91. The van der Waals surface area contributed by atoms with Gasteiger partial charge < -0.3 is 11.1 Å². The third-order valence-electron chi connectivity index (χ3n) is 4.06. The van der Waals surface area contributed by atoms with Crippen molar-refractivity contribution in [3.05, 3.63) is 0 Å². The van der Waals surface area contributed by atoms with Crippen LogP contribution >= 0.6 is 0 Å². The Labute approximate surface area is 91.8 Å². The zero-order chi connectivity index (χ0) is 11.1. The summed E-state index contributed by atoms with van der Waals surface area (Å²) in [5, 5.41) is 3.08. The molecule has 0 bridgehead atoms. The molecule has 86 valence electrons. The molecular formula is C12H22N2O. The lowest BCUT2D eigenvalue weighted by Gasteiger charge is -2.23. The summed E-state index contributed by atoms with van der Waals surface area (Å²) in [4.78, 5) is 11.8. The molecule has 0 aromatic rings. The summed E-state index contributed by atoms with van der Waals surface area (Å²) in [6, 6.07) is 0. The molecule has 3 N–H and O–H groups in total. The molecule has 2 aliphatic rings. The van der Waals surface area contributed by atoms with Crippen molar-refractivity contribution in [3.8, 4) is 0 Å². The van der Waals surface area contributed by atoms with Gasteiger partial charge >= 0.3 is 0 Å². The van der Waals surface area contributed by atoms with Gasteiger partial charge in [0.15, 0.2) is 0 Å². The number of carbonyl (C=O) groups excluding carboxylic acids is 1. The smallest absolute Gasteiger partial charge is 0.226 e. The molecule has 0 spiro atoms. The highest BCUT2D eigenvalue weighted by Crippen LogP contribution is 2.60. The highest BCUT2D eigenvalue weighted by Gasteiger charge is 2.53. The molecule has 0 unspecified atom stereocenters. The van der Waals surface area contributed by atoms with Crippen LogP contribution in [0.25, 0.3) is 0 Å². The first-order chi connectivity index (χ1) is 7.00. The van der Waals surface area contributed by atoms with Gasteiger partial charge in [-0.05, 0) is 50.9 Å². The van der Waals surface area contributed by atoms with Gasteiger partial charge in [-0.25, -0.2) is 0 Å². The van der Waals surface area contributed by atoms with E-state index in [9.17, 15) is 4.79 Å². The molecule has 0 aromatic carbocycles. The van der Waals surface area contributed by atoms with Crippen LogP contribution in [0, 0.1) is 16.7 Å². The van der Waals surface area contributed by atoms with Crippen LogP contribution in [0.2, 0.25) is 0 Å². The van der Waals surface area contributed by atoms with Gasteiger partial charge in [-0.3, -0.25) is 4.79 Å². The van der Waals surface area contributed by atoms with E-state index in [1.807, 2.05) is 13.8 Å². The predicted molar refractivity (Wildman–Crippen MR) is 60.2 cm³/mol.